The fourth-order valence-electron chi connectivity index (χ4n) is 2.39. The highest BCUT2D eigenvalue weighted by Gasteiger charge is 2.10. The van der Waals surface area contributed by atoms with Gasteiger partial charge in [-0.2, -0.15) is 0 Å². The minimum Gasteiger partial charge on any atom is -0.496 e. The highest BCUT2D eigenvalue weighted by molar-refractivity contribution is 5.66. The van der Waals surface area contributed by atoms with Gasteiger partial charge in [-0.25, -0.2) is 0 Å². The van der Waals surface area contributed by atoms with Gasteiger partial charge >= 0.3 is 5.97 Å². The summed E-state index contributed by atoms with van der Waals surface area (Å²) in [5.74, 6) is 0.132. The summed E-state index contributed by atoms with van der Waals surface area (Å²) < 4.78 is 5.47. The molecule has 5 nitrogen and oxygen atoms in total. The SMILES string of the molecule is CCCN(CCC(=O)O)Cc1ccc(CNCC)c(OC)c1. The molecule has 0 saturated heterocycles. The van der Waals surface area contributed by atoms with Crippen molar-refractivity contribution in [2.24, 2.45) is 0 Å². The fourth-order valence-corrected chi connectivity index (χ4v) is 2.39. The third kappa shape index (κ3) is 6.45. The first-order valence-electron chi connectivity index (χ1n) is 7.91. The van der Waals surface area contributed by atoms with Crippen LogP contribution in [0.3, 0.4) is 0 Å². The summed E-state index contributed by atoms with van der Waals surface area (Å²) in [6.07, 6.45) is 1.19. The number of carboxylic acids is 1. The Kier molecular flexibility index (Phi) is 8.55. The topological polar surface area (TPSA) is 61.8 Å². The van der Waals surface area contributed by atoms with E-state index in [1.165, 1.54) is 0 Å². The van der Waals surface area contributed by atoms with Crippen LogP contribution in [0.2, 0.25) is 0 Å². The molecule has 0 heterocycles. The Morgan fingerprint density at radius 2 is 2.09 bits per heavy atom. The number of hydrogen-bond donors (Lipinski definition) is 2. The summed E-state index contributed by atoms with van der Waals surface area (Å²) >= 11 is 0. The van der Waals surface area contributed by atoms with Crippen LogP contribution in [-0.2, 0) is 17.9 Å². The minimum atomic E-state index is -0.750. The lowest BCUT2D eigenvalue weighted by Gasteiger charge is -2.21. The number of carbonyl (C=O) groups is 1. The molecule has 5 heteroatoms. The standard InChI is InChI=1S/C17H28N2O3/c1-4-9-19(10-8-17(20)21)13-14-6-7-15(12-18-5-2)16(11-14)22-3/h6-7,11,18H,4-5,8-10,12-13H2,1-3H3,(H,20,21). The van der Waals surface area contributed by atoms with Crippen molar-refractivity contribution in [3.05, 3.63) is 29.3 Å². The predicted molar refractivity (Wildman–Crippen MR) is 88.2 cm³/mol. The van der Waals surface area contributed by atoms with E-state index in [-0.39, 0.29) is 6.42 Å². The van der Waals surface area contributed by atoms with Gasteiger partial charge in [-0.3, -0.25) is 9.69 Å². The fraction of sp³-hybridized carbons (Fsp3) is 0.588. The lowest BCUT2D eigenvalue weighted by Crippen LogP contribution is -2.27. The molecule has 22 heavy (non-hydrogen) atoms. The predicted octanol–water partition coefficient (Wildman–Crippen LogP) is 2.49. The van der Waals surface area contributed by atoms with E-state index in [1.807, 2.05) is 0 Å². The van der Waals surface area contributed by atoms with Gasteiger partial charge < -0.3 is 15.2 Å². The Bertz CT molecular complexity index is 463. The third-order valence-electron chi connectivity index (χ3n) is 3.50. The van der Waals surface area contributed by atoms with E-state index < -0.39 is 5.97 Å². The zero-order valence-corrected chi connectivity index (χ0v) is 13.9. The first-order valence-corrected chi connectivity index (χ1v) is 7.91. The molecule has 0 aromatic heterocycles. The molecule has 0 fully saturated rings. The van der Waals surface area contributed by atoms with Crippen LogP contribution in [0, 0.1) is 0 Å². The molecule has 0 unspecified atom stereocenters. The molecule has 0 spiro atoms. The Balaban J connectivity index is 2.74. The maximum Gasteiger partial charge on any atom is 0.304 e. The van der Waals surface area contributed by atoms with Crippen LogP contribution in [0.1, 0.15) is 37.8 Å². The molecule has 1 aromatic carbocycles. The van der Waals surface area contributed by atoms with Gasteiger partial charge in [0.1, 0.15) is 5.75 Å². The van der Waals surface area contributed by atoms with Crippen LogP contribution >= 0.6 is 0 Å². The lowest BCUT2D eigenvalue weighted by atomic mass is 10.1. The average Bonchev–Trinajstić information content (AvgIpc) is 2.51. The van der Waals surface area contributed by atoms with Gasteiger partial charge in [-0.15, -0.1) is 0 Å². The lowest BCUT2D eigenvalue weighted by molar-refractivity contribution is -0.137. The Hall–Kier alpha value is -1.59. The molecule has 1 rings (SSSR count). The van der Waals surface area contributed by atoms with Gasteiger partial charge in [0, 0.05) is 25.2 Å². The Morgan fingerprint density at radius 1 is 1.32 bits per heavy atom. The number of benzene rings is 1. The van der Waals surface area contributed by atoms with Crippen molar-refractivity contribution in [2.45, 2.75) is 39.8 Å². The molecule has 0 radical (unpaired) electrons. The van der Waals surface area contributed by atoms with Crippen LogP contribution in [0.5, 0.6) is 5.75 Å². The van der Waals surface area contributed by atoms with Crippen molar-refractivity contribution in [1.82, 2.24) is 10.2 Å². The van der Waals surface area contributed by atoms with Crippen molar-refractivity contribution < 1.29 is 14.6 Å². The minimum absolute atomic E-state index is 0.176. The Labute approximate surface area is 133 Å². The first-order chi connectivity index (χ1) is 10.6. The zero-order valence-electron chi connectivity index (χ0n) is 13.9. The summed E-state index contributed by atoms with van der Waals surface area (Å²) in [4.78, 5) is 12.9. The summed E-state index contributed by atoms with van der Waals surface area (Å²) in [5.41, 5.74) is 2.29. The summed E-state index contributed by atoms with van der Waals surface area (Å²) in [6, 6.07) is 6.23. The number of methoxy groups -OCH3 is 1. The van der Waals surface area contributed by atoms with Gasteiger partial charge in [-0.1, -0.05) is 26.0 Å². The van der Waals surface area contributed by atoms with Gasteiger partial charge in [0.05, 0.1) is 13.5 Å². The van der Waals surface area contributed by atoms with Crippen LogP contribution in [0.25, 0.3) is 0 Å². The van der Waals surface area contributed by atoms with Gasteiger partial charge in [0.2, 0.25) is 0 Å². The molecule has 0 amide bonds. The number of nitrogens with zero attached hydrogens (tertiary/aromatic N) is 1. The van der Waals surface area contributed by atoms with E-state index in [2.05, 4.69) is 42.3 Å². The molecule has 0 aliphatic heterocycles. The maximum absolute atomic E-state index is 10.8. The number of rotatable bonds is 11. The van der Waals surface area contributed by atoms with E-state index in [4.69, 9.17) is 9.84 Å². The molecule has 0 aliphatic rings. The van der Waals surface area contributed by atoms with Crippen LogP contribution in [0.15, 0.2) is 18.2 Å². The van der Waals surface area contributed by atoms with Gasteiger partial charge in [-0.05, 0) is 31.1 Å². The molecule has 0 saturated carbocycles. The second-order valence-corrected chi connectivity index (χ2v) is 5.35. The number of hydrogen-bond acceptors (Lipinski definition) is 4. The molecule has 0 bridgehead atoms. The summed E-state index contributed by atoms with van der Waals surface area (Å²) in [5, 5.41) is 12.1. The van der Waals surface area contributed by atoms with Gasteiger partial charge in [0.25, 0.3) is 0 Å². The largest absolute Gasteiger partial charge is 0.496 e. The monoisotopic (exact) mass is 308 g/mol. The second kappa shape index (κ2) is 10.2. The van der Waals surface area contributed by atoms with Crippen LogP contribution in [-0.4, -0.2) is 42.7 Å². The molecular formula is C17H28N2O3. The van der Waals surface area contributed by atoms with E-state index in [1.54, 1.807) is 7.11 Å². The average molecular weight is 308 g/mol. The van der Waals surface area contributed by atoms with Crippen LogP contribution < -0.4 is 10.1 Å². The molecular weight excluding hydrogens is 280 g/mol. The highest BCUT2D eigenvalue weighted by atomic mass is 16.5. The Morgan fingerprint density at radius 3 is 2.68 bits per heavy atom. The summed E-state index contributed by atoms with van der Waals surface area (Å²) in [6.45, 7) is 8.11. The van der Waals surface area contributed by atoms with E-state index in [9.17, 15) is 4.79 Å². The first kappa shape index (κ1) is 18.5. The molecule has 0 atom stereocenters. The van der Waals surface area contributed by atoms with Crippen molar-refractivity contribution in [3.63, 3.8) is 0 Å². The van der Waals surface area contributed by atoms with Crippen molar-refractivity contribution >= 4 is 5.97 Å². The van der Waals surface area contributed by atoms with E-state index >= 15 is 0 Å². The highest BCUT2D eigenvalue weighted by Crippen LogP contribution is 2.21. The van der Waals surface area contributed by atoms with Crippen molar-refractivity contribution in [3.8, 4) is 5.75 Å². The van der Waals surface area contributed by atoms with E-state index in [0.29, 0.717) is 6.54 Å². The maximum atomic E-state index is 10.8. The molecule has 1 aromatic rings. The van der Waals surface area contributed by atoms with E-state index in [0.717, 1.165) is 49.5 Å². The second-order valence-electron chi connectivity index (χ2n) is 5.35. The molecule has 2 N–H and O–H groups in total. The zero-order chi connectivity index (χ0) is 16.4. The number of ether oxygens (including phenoxy) is 1. The quantitative estimate of drug-likeness (QED) is 0.657. The normalized spacial score (nSPS) is 10.9. The summed E-state index contributed by atoms with van der Waals surface area (Å²) in [7, 11) is 1.68. The smallest absolute Gasteiger partial charge is 0.304 e. The number of aliphatic carboxylic acids is 1. The number of carboxylic acid groups (broad SMARTS) is 1. The van der Waals surface area contributed by atoms with Gasteiger partial charge in [0.15, 0.2) is 0 Å². The molecule has 124 valence electrons. The molecule has 0 aliphatic carbocycles. The number of nitrogens with one attached hydrogen (secondary N) is 1. The van der Waals surface area contributed by atoms with Crippen molar-refractivity contribution in [2.75, 3.05) is 26.7 Å². The van der Waals surface area contributed by atoms with Crippen LogP contribution in [0.4, 0.5) is 0 Å². The van der Waals surface area contributed by atoms with Crippen molar-refractivity contribution in [1.29, 1.82) is 0 Å². The third-order valence-corrected chi connectivity index (χ3v) is 3.50.